The summed E-state index contributed by atoms with van der Waals surface area (Å²) in [5.41, 5.74) is -0.571. The first-order valence-electron chi connectivity index (χ1n) is 10.9. The Labute approximate surface area is 205 Å². The summed E-state index contributed by atoms with van der Waals surface area (Å²) in [7, 11) is 1.44. The second-order valence-electron chi connectivity index (χ2n) is 7.36. The third-order valence-electron chi connectivity index (χ3n) is 4.32. The number of nitrogens with zero attached hydrogens (tertiary/aromatic N) is 2. The summed E-state index contributed by atoms with van der Waals surface area (Å²) >= 11 is 0. The summed E-state index contributed by atoms with van der Waals surface area (Å²) in [6.07, 6.45) is -1.95. The highest BCUT2D eigenvalue weighted by molar-refractivity contribution is 5.94. The lowest BCUT2D eigenvalue weighted by Crippen LogP contribution is -2.34. The number of hydrogen-bond donors (Lipinski definition) is 3. The second kappa shape index (κ2) is 13.0. The Bertz CT molecular complexity index is 1190. The lowest BCUT2D eigenvalue weighted by molar-refractivity contribution is -0.141. The van der Waals surface area contributed by atoms with Crippen molar-refractivity contribution in [2.75, 3.05) is 13.6 Å². The monoisotopic (exact) mass is 505 g/mol. The molecule has 3 aromatic rings. The van der Waals surface area contributed by atoms with E-state index in [-0.39, 0.29) is 36.2 Å². The van der Waals surface area contributed by atoms with Crippen LogP contribution in [0.4, 0.5) is 13.2 Å². The Balaban J connectivity index is 0.00000145. The van der Waals surface area contributed by atoms with Crippen molar-refractivity contribution in [1.82, 2.24) is 25.9 Å². The quantitative estimate of drug-likeness (QED) is 0.451. The molecule has 0 fully saturated rings. The molecule has 9 nitrogen and oxygen atoms in total. The maximum atomic E-state index is 12.8. The zero-order chi connectivity index (χ0) is 26.7. The van der Waals surface area contributed by atoms with Crippen LogP contribution in [0.25, 0.3) is 11.5 Å². The van der Waals surface area contributed by atoms with Gasteiger partial charge in [0.25, 0.3) is 11.8 Å². The smallest absolute Gasteiger partial charge is 0.433 e. The van der Waals surface area contributed by atoms with Crippen LogP contribution in [0, 0.1) is 0 Å². The first-order valence-corrected chi connectivity index (χ1v) is 10.9. The minimum absolute atomic E-state index is 0.00748. The summed E-state index contributed by atoms with van der Waals surface area (Å²) < 4.78 is 43.8. The highest BCUT2D eigenvalue weighted by Crippen LogP contribution is 2.27. The molecular weight excluding hydrogens is 479 g/mol. The average Bonchev–Trinajstić information content (AvgIpc) is 3.36. The van der Waals surface area contributed by atoms with E-state index in [1.807, 2.05) is 0 Å². The van der Waals surface area contributed by atoms with Crippen molar-refractivity contribution in [3.63, 3.8) is 0 Å². The van der Waals surface area contributed by atoms with Crippen LogP contribution < -0.4 is 16.0 Å². The number of aromatic nitrogens is 2. The van der Waals surface area contributed by atoms with Crippen molar-refractivity contribution in [3.8, 4) is 11.5 Å². The number of hydrogen-bond acceptors (Lipinski definition) is 6. The molecule has 0 unspecified atom stereocenters. The minimum Gasteiger partial charge on any atom is -0.449 e. The van der Waals surface area contributed by atoms with Gasteiger partial charge in [-0.1, -0.05) is 26.3 Å². The van der Waals surface area contributed by atoms with E-state index in [2.05, 4.69) is 39.8 Å². The predicted molar refractivity (Wildman–Crippen MR) is 125 cm³/mol. The van der Waals surface area contributed by atoms with Gasteiger partial charge in [0.15, 0.2) is 11.5 Å². The number of amides is 3. The Morgan fingerprint density at radius 3 is 2.39 bits per heavy atom. The molecule has 0 saturated carbocycles. The van der Waals surface area contributed by atoms with Gasteiger partial charge in [0.2, 0.25) is 5.91 Å². The van der Waals surface area contributed by atoms with Crippen molar-refractivity contribution in [1.29, 1.82) is 0 Å². The number of halogens is 3. The highest BCUT2D eigenvalue weighted by atomic mass is 19.4. The Morgan fingerprint density at radius 2 is 1.72 bits per heavy atom. The van der Waals surface area contributed by atoms with E-state index < -0.39 is 23.7 Å². The lowest BCUT2D eigenvalue weighted by Gasteiger charge is -2.09. The molecule has 192 valence electrons. The normalized spacial score (nSPS) is 10.6. The van der Waals surface area contributed by atoms with Crippen LogP contribution in [-0.4, -0.2) is 41.3 Å². The van der Waals surface area contributed by atoms with E-state index in [0.29, 0.717) is 11.3 Å². The third-order valence-corrected chi connectivity index (χ3v) is 4.32. The molecule has 0 aliphatic heterocycles. The first kappa shape index (κ1) is 28.0. The molecule has 0 atom stereocenters. The highest BCUT2D eigenvalue weighted by Gasteiger charge is 2.32. The van der Waals surface area contributed by atoms with Gasteiger partial charge < -0.3 is 20.4 Å². The van der Waals surface area contributed by atoms with Gasteiger partial charge in [0.1, 0.15) is 17.1 Å². The van der Waals surface area contributed by atoms with E-state index in [1.165, 1.54) is 37.9 Å². The van der Waals surface area contributed by atoms with Gasteiger partial charge in [-0.25, -0.2) is 4.98 Å². The van der Waals surface area contributed by atoms with Crippen LogP contribution >= 0.6 is 0 Å². The van der Waals surface area contributed by atoms with Crippen molar-refractivity contribution < 1.29 is 32.0 Å². The van der Waals surface area contributed by atoms with E-state index in [1.54, 1.807) is 12.1 Å². The van der Waals surface area contributed by atoms with E-state index >= 15 is 0 Å². The fourth-order valence-corrected chi connectivity index (χ4v) is 2.64. The van der Waals surface area contributed by atoms with Gasteiger partial charge in [0.05, 0.1) is 6.54 Å². The van der Waals surface area contributed by atoms with Crippen LogP contribution in [0.3, 0.4) is 0 Å². The summed E-state index contributed by atoms with van der Waals surface area (Å²) in [6.45, 7) is 4.03. The summed E-state index contributed by atoms with van der Waals surface area (Å²) in [5.74, 6) is -1.47. The van der Waals surface area contributed by atoms with Crippen molar-refractivity contribution in [3.05, 3.63) is 71.4 Å². The lowest BCUT2D eigenvalue weighted by atomic mass is 10.2. The van der Waals surface area contributed by atoms with E-state index in [4.69, 9.17) is 4.42 Å². The molecule has 3 heterocycles. The van der Waals surface area contributed by atoms with Crippen LogP contribution in [0.1, 0.15) is 52.6 Å². The predicted octanol–water partition coefficient (Wildman–Crippen LogP) is 3.58. The fraction of sp³-hybridized carbons (Fsp3) is 0.292. The number of pyridine rings is 2. The van der Waals surface area contributed by atoms with Gasteiger partial charge >= 0.3 is 6.18 Å². The third kappa shape index (κ3) is 8.22. The Morgan fingerprint density at radius 1 is 1.00 bits per heavy atom. The molecule has 3 N–H and O–H groups in total. The molecule has 3 aromatic heterocycles. The van der Waals surface area contributed by atoms with Crippen LogP contribution in [0.2, 0.25) is 0 Å². The van der Waals surface area contributed by atoms with E-state index in [9.17, 15) is 27.6 Å². The molecule has 12 heteroatoms. The number of alkyl halides is 3. The molecule has 0 saturated heterocycles. The standard InChI is InChI=1S/C21H18F3N5O4.C3H8/c1-25-18(30)11-28-20(32)16-6-5-15(33-16)14-9-12(7-8-26-14)10-27-19(31)13-3-2-4-17(29-13)21(22,23)24;1-3-2/h2-9H,10-11H2,1H3,(H,25,30)(H,27,31)(H,28,32);3H2,1-2H3. The van der Waals surface area contributed by atoms with Crippen LogP contribution in [-0.2, 0) is 17.5 Å². The SMILES string of the molecule is CCC.CNC(=O)CNC(=O)c1ccc(-c2cc(CNC(=O)c3cccc(C(F)(F)F)n3)ccn2)o1. The zero-order valence-corrected chi connectivity index (χ0v) is 19.9. The summed E-state index contributed by atoms with van der Waals surface area (Å²) in [5, 5.41) is 7.27. The zero-order valence-electron chi connectivity index (χ0n) is 19.9. The van der Waals surface area contributed by atoms with Crippen molar-refractivity contribution in [2.24, 2.45) is 0 Å². The summed E-state index contributed by atoms with van der Waals surface area (Å²) in [4.78, 5) is 43.0. The number of furan rings is 1. The van der Waals surface area contributed by atoms with Crippen molar-refractivity contribution in [2.45, 2.75) is 33.0 Å². The molecule has 0 aliphatic carbocycles. The molecule has 0 radical (unpaired) electrons. The molecule has 3 rings (SSSR count). The number of rotatable bonds is 7. The fourth-order valence-electron chi connectivity index (χ4n) is 2.64. The largest absolute Gasteiger partial charge is 0.449 e. The van der Waals surface area contributed by atoms with Gasteiger partial charge in [0, 0.05) is 19.8 Å². The topological polar surface area (TPSA) is 126 Å². The molecule has 0 spiro atoms. The molecule has 36 heavy (non-hydrogen) atoms. The number of carbonyl (C=O) groups is 3. The number of nitrogens with one attached hydrogen (secondary N) is 3. The van der Waals surface area contributed by atoms with Crippen molar-refractivity contribution >= 4 is 17.7 Å². The maximum Gasteiger partial charge on any atom is 0.433 e. The molecular formula is C24H26F3N5O4. The van der Waals surface area contributed by atoms with E-state index in [0.717, 1.165) is 12.1 Å². The molecule has 0 bridgehead atoms. The molecule has 3 amide bonds. The van der Waals surface area contributed by atoms with Gasteiger partial charge in [-0.15, -0.1) is 0 Å². The summed E-state index contributed by atoms with van der Waals surface area (Å²) in [6, 6.07) is 9.20. The molecule has 0 aliphatic rings. The number of carbonyl (C=O) groups excluding carboxylic acids is 3. The van der Waals surface area contributed by atoms with Gasteiger partial charge in [-0.05, 0) is 42.0 Å². The minimum atomic E-state index is -4.66. The van der Waals surface area contributed by atoms with Crippen LogP contribution in [0.5, 0.6) is 0 Å². The Kier molecular flexibility index (Phi) is 10.1. The molecule has 0 aromatic carbocycles. The van der Waals surface area contributed by atoms with Gasteiger partial charge in [-0.3, -0.25) is 19.4 Å². The van der Waals surface area contributed by atoms with Gasteiger partial charge in [-0.2, -0.15) is 13.2 Å². The second-order valence-corrected chi connectivity index (χ2v) is 7.36. The first-order chi connectivity index (χ1) is 17.1. The van der Waals surface area contributed by atoms with Crippen LogP contribution in [0.15, 0.2) is 53.1 Å². The number of likely N-dealkylation sites (N-methyl/N-ethyl adjacent to an activating group) is 1. The Hall–Kier alpha value is -4.22. The average molecular weight is 505 g/mol. The maximum absolute atomic E-state index is 12.8.